The van der Waals surface area contributed by atoms with Crippen LogP contribution in [0, 0.1) is 5.92 Å². The lowest BCUT2D eigenvalue weighted by molar-refractivity contribution is -0.123. The van der Waals surface area contributed by atoms with Gasteiger partial charge in [-0.15, -0.1) is 0 Å². The lowest BCUT2D eigenvalue weighted by Gasteiger charge is -2.44. The maximum absolute atomic E-state index is 12.4. The number of carbonyl (C=O) groups is 1. The number of hydrogen-bond donors (Lipinski definition) is 0. The van der Waals surface area contributed by atoms with Crippen molar-refractivity contribution < 1.29 is 4.79 Å². The third kappa shape index (κ3) is 1.46. The number of carbonyl (C=O) groups excluding carboxylic acids is 1. The number of Topliss-reactive ketones (excluding diaryl/α,β-unsaturated/α-hetero) is 1. The Balaban J connectivity index is 1.95. The van der Waals surface area contributed by atoms with E-state index in [2.05, 4.69) is 48.5 Å². The van der Waals surface area contributed by atoms with Crippen LogP contribution in [0.2, 0.25) is 0 Å². The highest BCUT2D eigenvalue weighted by Gasteiger charge is 2.45. The summed E-state index contributed by atoms with van der Waals surface area (Å²) in [6.07, 6.45) is 1.64. The van der Waals surface area contributed by atoms with E-state index in [1.807, 2.05) is 6.92 Å². The second kappa shape index (κ2) is 4.31. The lowest BCUT2D eigenvalue weighted by Crippen LogP contribution is -2.36. The Morgan fingerprint density at radius 3 is 1.95 bits per heavy atom. The van der Waals surface area contributed by atoms with Crippen molar-refractivity contribution in [1.29, 1.82) is 0 Å². The maximum Gasteiger partial charge on any atom is 0.136 e. The molecule has 2 aromatic carbocycles. The SMILES string of the molecule is CCC(=O)C1CC2c3ccccc3C1c1ccccc12. The summed E-state index contributed by atoms with van der Waals surface area (Å²) < 4.78 is 0. The Morgan fingerprint density at radius 2 is 1.45 bits per heavy atom. The third-order valence-corrected chi connectivity index (χ3v) is 5.07. The zero-order chi connectivity index (χ0) is 13.7. The number of rotatable bonds is 2. The lowest BCUT2D eigenvalue weighted by atomic mass is 9.58. The van der Waals surface area contributed by atoms with Gasteiger partial charge < -0.3 is 0 Å². The van der Waals surface area contributed by atoms with Crippen molar-refractivity contribution in [3.8, 4) is 0 Å². The smallest absolute Gasteiger partial charge is 0.136 e. The van der Waals surface area contributed by atoms with E-state index >= 15 is 0 Å². The molecule has 0 saturated heterocycles. The van der Waals surface area contributed by atoms with Gasteiger partial charge in [-0.05, 0) is 28.7 Å². The maximum atomic E-state index is 12.4. The van der Waals surface area contributed by atoms with Gasteiger partial charge in [0, 0.05) is 24.2 Å². The molecule has 0 heterocycles. The van der Waals surface area contributed by atoms with Gasteiger partial charge in [0.15, 0.2) is 0 Å². The summed E-state index contributed by atoms with van der Waals surface area (Å²) in [5.74, 6) is 1.28. The van der Waals surface area contributed by atoms with Crippen LogP contribution in [0.1, 0.15) is 53.9 Å². The number of ketones is 1. The first-order chi connectivity index (χ1) is 9.81. The summed E-state index contributed by atoms with van der Waals surface area (Å²) in [5, 5.41) is 0. The molecule has 0 aliphatic heterocycles. The fourth-order valence-corrected chi connectivity index (χ4v) is 4.21. The molecule has 0 saturated carbocycles. The standard InChI is InChI=1S/C19H18O/c1-2-18(20)17-11-16-12-7-3-5-9-14(12)19(17)15-10-6-4-8-13(15)16/h3-10,16-17,19H,2,11H2,1H3. The van der Waals surface area contributed by atoms with E-state index in [4.69, 9.17) is 0 Å². The zero-order valence-electron chi connectivity index (χ0n) is 11.7. The van der Waals surface area contributed by atoms with Gasteiger partial charge in [0.25, 0.3) is 0 Å². The van der Waals surface area contributed by atoms with E-state index in [-0.39, 0.29) is 11.8 Å². The minimum Gasteiger partial charge on any atom is -0.299 e. The topological polar surface area (TPSA) is 17.1 Å². The van der Waals surface area contributed by atoms with Crippen LogP contribution >= 0.6 is 0 Å². The van der Waals surface area contributed by atoms with Crippen molar-refractivity contribution >= 4 is 5.78 Å². The van der Waals surface area contributed by atoms with Crippen LogP contribution in [0.3, 0.4) is 0 Å². The molecule has 20 heavy (non-hydrogen) atoms. The molecule has 2 bridgehead atoms. The Morgan fingerprint density at radius 1 is 0.950 bits per heavy atom. The molecule has 0 amide bonds. The Hall–Kier alpha value is -1.89. The molecule has 1 nitrogen and oxygen atoms in total. The molecule has 3 aliphatic rings. The van der Waals surface area contributed by atoms with E-state index in [0.29, 0.717) is 18.1 Å². The number of benzene rings is 2. The Bertz CT molecular complexity index is 638. The molecule has 1 heteroatoms. The van der Waals surface area contributed by atoms with E-state index in [9.17, 15) is 4.79 Å². The third-order valence-electron chi connectivity index (χ3n) is 5.07. The molecule has 100 valence electrons. The zero-order valence-corrected chi connectivity index (χ0v) is 11.7. The molecule has 0 aromatic heterocycles. The highest BCUT2D eigenvalue weighted by Crippen LogP contribution is 2.55. The van der Waals surface area contributed by atoms with E-state index in [1.54, 1.807) is 0 Å². The summed E-state index contributed by atoms with van der Waals surface area (Å²) >= 11 is 0. The Kier molecular flexibility index (Phi) is 2.56. The normalized spacial score (nSPS) is 25.9. The molecule has 3 aliphatic carbocycles. The minimum atomic E-state index is 0.176. The number of fused-ring (bicyclic) bond motifs is 1. The number of hydrogen-bond acceptors (Lipinski definition) is 1. The summed E-state index contributed by atoms with van der Waals surface area (Å²) in [4.78, 5) is 12.4. The summed E-state index contributed by atoms with van der Waals surface area (Å²) in [6.45, 7) is 1.99. The first-order valence-electron chi connectivity index (χ1n) is 7.51. The molecule has 0 spiro atoms. The second-order valence-electron chi connectivity index (χ2n) is 5.95. The highest BCUT2D eigenvalue weighted by atomic mass is 16.1. The predicted octanol–water partition coefficient (Wildman–Crippen LogP) is 4.26. The molecule has 0 radical (unpaired) electrons. The van der Waals surface area contributed by atoms with Crippen molar-refractivity contribution in [2.75, 3.05) is 0 Å². The van der Waals surface area contributed by atoms with Crippen molar-refractivity contribution in [3.63, 3.8) is 0 Å². The summed E-state index contributed by atoms with van der Waals surface area (Å²) in [7, 11) is 0. The van der Waals surface area contributed by atoms with Crippen LogP contribution < -0.4 is 0 Å². The van der Waals surface area contributed by atoms with Gasteiger partial charge >= 0.3 is 0 Å². The fraction of sp³-hybridized carbons (Fsp3) is 0.316. The first kappa shape index (κ1) is 11.9. The molecule has 0 fully saturated rings. The molecule has 1 atom stereocenters. The minimum absolute atomic E-state index is 0.176. The monoisotopic (exact) mass is 262 g/mol. The van der Waals surface area contributed by atoms with Gasteiger partial charge in [-0.3, -0.25) is 4.79 Å². The van der Waals surface area contributed by atoms with Crippen molar-refractivity contribution in [3.05, 3.63) is 70.8 Å². The average molecular weight is 262 g/mol. The molecule has 5 rings (SSSR count). The van der Waals surface area contributed by atoms with Gasteiger partial charge in [-0.1, -0.05) is 55.5 Å². The molecular formula is C19H18O. The molecule has 2 aromatic rings. The van der Waals surface area contributed by atoms with E-state index in [1.165, 1.54) is 22.3 Å². The molecular weight excluding hydrogens is 244 g/mol. The van der Waals surface area contributed by atoms with Crippen LogP contribution in [-0.2, 0) is 4.79 Å². The van der Waals surface area contributed by atoms with Crippen molar-refractivity contribution in [2.45, 2.75) is 31.6 Å². The average Bonchev–Trinajstić information content (AvgIpc) is 2.54. The summed E-state index contributed by atoms with van der Waals surface area (Å²) in [6, 6.07) is 17.4. The summed E-state index contributed by atoms with van der Waals surface area (Å²) in [5.41, 5.74) is 5.65. The highest BCUT2D eigenvalue weighted by molar-refractivity contribution is 5.84. The first-order valence-corrected chi connectivity index (χ1v) is 7.51. The van der Waals surface area contributed by atoms with Gasteiger partial charge in [0.2, 0.25) is 0 Å². The molecule has 1 unspecified atom stereocenters. The quantitative estimate of drug-likeness (QED) is 0.790. The van der Waals surface area contributed by atoms with Gasteiger partial charge in [-0.2, -0.15) is 0 Å². The predicted molar refractivity (Wildman–Crippen MR) is 80.0 cm³/mol. The van der Waals surface area contributed by atoms with Gasteiger partial charge in [-0.25, -0.2) is 0 Å². The largest absolute Gasteiger partial charge is 0.299 e. The van der Waals surface area contributed by atoms with E-state index < -0.39 is 0 Å². The van der Waals surface area contributed by atoms with Crippen molar-refractivity contribution in [1.82, 2.24) is 0 Å². The fourth-order valence-electron chi connectivity index (χ4n) is 4.21. The van der Waals surface area contributed by atoms with E-state index in [0.717, 1.165) is 6.42 Å². The molecule has 0 N–H and O–H groups in total. The second-order valence-corrected chi connectivity index (χ2v) is 5.95. The van der Waals surface area contributed by atoms with Gasteiger partial charge in [0.05, 0.1) is 0 Å². The van der Waals surface area contributed by atoms with Crippen LogP contribution in [0.25, 0.3) is 0 Å². The van der Waals surface area contributed by atoms with Crippen LogP contribution in [0.4, 0.5) is 0 Å². The van der Waals surface area contributed by atoms with Crippen LogP contribution in [0.5, 0.6) is 0 Å². The van der Waals surface area contributed by atoms with Crippen LogP contribution in [0.15, 0.2) is 48.5 Å². The van der Waals surface area contributed by atoms with Gasteiger partial charge in [0.1, 0.15) is 5.78 Å². The van der Waals surface area contributed by atoms with Crippen LogP contribution in [-0.4, -0.2) is 5.78 Å². The Labute approximate surface area is 119 Å². The van der Waals surface area contributed by atoms with Crippen molar-refractivity contribution in [2.24, 2.45) is 5.92 Å².